The molecule has 1 atom stereocenters. The van der Waals surface area contributed by atoms with Crippen LogP contribution in [0.2, 0.25) is 0 Å². The second kappa shape index (κ2) is 4.23. The second-order valence-electron chi connectivity index (χ2n) is 4.36. The quantitative estimate of drug-likeness (QED) is 0.666. The minimum absolute atomic E-state index is 0.449. The maximum absolute atomic E-state index is 11.4. The molecule has 2 aliphatic rings. The number of rotatable bonds is 4. The van der Waals surface area contributed by atoms with E-state index in [9.17, 15) is 4.79 Å². The summed E-state index contributed by atoms with van der Waals surface area (Å²) in [5.74, 6) is 1.62. The van der Waals surface area contributed by atoms with Gasteiger partial charge >= 0.3 is 0 Å². The fourth-order valence-electron chi connectivity index (χ4n) is 1.99. The highest BCUT2D eigenvalue weighted by atomic mass is 16.5. The van der Waals surface area contributed by atoms with Crippen LogP contribution >= 0.6 is 0 Å². The maximum Gasteiger partial charge on any atom is 0.135 e. The minimum Gasteiger partial charge on any atom is -0.381 e. The first-order valence-electron chi connectivity index (χ1n) is 5.46. The first kappa shape index (κ1) is 9.20. The number of ketones is 1. The lowest BCUT2D eigenvalue weighted by Crippen LogP contribution is -2.18. The van der Waals surface area contributed by atoms with Crippen LogP contribution in [0.4, 0.5) is 0 Å². The number of ether oxygens (including phenoxy) is 1. The highest BCUT2D eigenvalue weighted by Gasteiger charge is 2.29. The van der Waals surface area contributed by atoms with Crippen molar-refractivity contribution in [2.45, 2.75) is 38.5 Å². The van der Waals surface area contributed by atoms with Crippen molar-refractivity contribution in [3.8, 4) is 0 Å². The molecule has 1 saturated heterocycles. The number of carbonyl (C=O) groups is 1. The molecule has 0 aromatic rings. The largest absolute Gasteiger partial charge is 0.381 e. The molecule has 2 heteroatoms. The number of hydrogen-bond acceptors (Lipinski definition) is 2. The average Bonchev–Trinajstić information content (AvgIpc) is 2.99. The van der Waals surface area contributed by atoms with Crippen LogP contribution in [0.3, 0.4) is 0 Å². The Morgan fingerprint density at radius 2 is 2.15 bits per heavy atom. The highest BCUT2D eigenvalue weighted by Crippen LogP contribution is 2.32. The van der Waals surface area contributed by atoms with Gasteiger partial charge in [-0.3, -0.25) is 4.79 Å². The molecular formula is C11H18O2. The third-order valence-corrected chi connectivity index (χ3v) is 3.09. The Kier molecular flexibility index (Phi) is 2.99. The van der Waals surface area contributed by atoms with Gasteiger partial charge in [0.1, 0.15) is 5.78 Å². The van der Waals surface area contributed by atoms with E-state index in [1.54, 1.807) is 0 Å². The van der Waals surface area contributed by atoms with Gasteiger partial charge in [0.25, 0.3) is 0 Å². The van der Waals surface area contributed by atoms with Crippen LogP contribution < -0.4 is 0 Å². The van der Waals surface area contributed by atoms with Gasteiger partial charge < -0.3 is 4.74 Å². The molecule has 13 heavy (non-hydrogen) atoms. The van der Waals surface area contributed by atoms with E-state index < -0.39 is 0 Å². The van der Waals surface area contributed by atoms with Gasteiger partial charge in [-0.25, -0.2) is 0 Å². The monoisotopic (exact) mass is 182 g/mol. The molecule has 1 saturated carbocycles. The van der Waals surface area contributed by atoms with E-state index in [-0.39, 0.29) is 0 Å². The van der Waals surface area contributed by atoms with Crippen molar-refractivity contribution in [2.75, 3.05) is 13.2 Å². The zero-order valence-corrected chi connectivity index (χ0v) is 8.13. The third kappa shape index (κ3) is 2.80. The molecule has 0 N–H and O–H groups in total. The van der Waals surface area contributed by atoms with Gasteiger partial charge in [-0.15, -0.1) is 0 Å². The van der Waals surface area contributed by atoms with Gasteiger partial charge in [0.15, 0.2) is 0 Å². The fraction of sp³-hybridized carbons (Fsp3) is 0.909. The normalized spacial score (nSPS) is 28.8. The molecular weight excluding hydrogens is 164 g/mol. The molecule has 1 unspecified atom stereocenters. The predicted octanol–water partition coefficient (Wildman–Crippen LogP) is 2.17. The molecule has 1 heterocycles. The molecule has 0 spiro atoms. The zero-order valence-electron chi connectivity index (χ0n) is 8.13. The number of hydrogen-bond donors (Lipinski definition) is 0. The van der Waals surface area contributed by atoms with E-state index in [0.717, 1.165) is 38.9 Å². The van der Waals surface area contributed by atoms with Crippen LogP contribution in [0.25, 0.3) is 0 Å². The standard InChI is InChI=1S/C11H18O2/c12-11(10-4-5-10)6-3-9-2-1-7-13-8-9/h9-10H,1-8H2. The summed E-state index contributed by atoms with van der Waals surface area (Å²) in [7, 11) is 0. The lowest BCUT2D eigenvalue weighted by Gasteiger charge is -2.21. The molecule has 2 fully saturated rings. The molecule has 1 aliphatic carbocycles. The fourth-order valence-corrected chi connectivity index (χ4v) is 1.99. The van der Waals surface area contributed by atoms with E-state index in [1.807, 2.05) is 0 Å². The Morgan fingerprint density at radius 1 is 1.31 bits per heavy atom. The first-order chi connectivity index (χ1) is 6.36. The topological polar surface area (TPSA) is 26.3 Å². The van der Waals surface area contributed by atoms with Gasteiger partial charge in [-0.1, -0.05) is 0 Å². The molecule has 0 amide bonds. The van der Waals surface area contributed by atoms with E-state index in [0.29, 0.717) is 17.6 Å². The van der Waals surface area contributed by atoms with Gasteiger partial charge in [-0.05, 0) is 38.0 Å². The summed E-state index contributed by atoms with van der Waals surface area (Å²) < 4.78 is 5.38. The van der Waals surface area contributed by atoms with E-state index in [4.69, 9.17) is 4.74 Å². The van der Waals surface area contributed by atoms with Gasteiger partial charge in [-0.2, -0.15) is 0 Å². The minimum atomic E-state index is 0.449. The molecule has 74 valence electrons. The Balaban J connectivity index is 1.62. The van der Waals surface area contributed by atoms with E-state index in [2.05, 4.69) is 0 Å². The van der Waals surface area contributed by atoms with E-state index >= 15 is 0 Å². The van der Waals surface area contributed by atoms with Crippen molar-refractivity contribution in [1.82, 2.24) is 0 Å². The van der Waals surface area contributed by atoms with Crippen molar-refractivity contribution < 1.29 is 9.53 Å². The van der Waals surface area contributed by atoms with Gasteiger partial charge in [0, 0.05) is 25.6 Å². The Hall–Kier alpha value is -0.370. The molecule has 0 bridgehead atoms. The van der Waals surface area contributed by atoms with Crippen molar-refractivity contribution in [2.24, 2.45) is 11.8 Å². The van der Waals surface area contributed by atoms with Crippen molar-refractivity contribution in [1.29, 1.82) is 0 Å². The van der Waals surface area contributed by atoms with Gasteiger partial charge in [0.05, 0.1) is 0 Å². The van der Waals surface area contributed by atoms with Crippen molar-refractivity contribution in [3.05, 3.63) is 0 Å². The van der Waals surface area contributed by atoms with Crippen LogP contribution in [-0.2, 0) is 9.53 Å². The molecule has 0 radical (unpaired) electrons. The van der Waals surface area contributed by atoms with Crippen LogP contribution in [0.15, 0.2) is 0 Å². The lowest BCUT2D eigenvalue weighted by molar-refractivity contribution is -0.120. The molecule has 0 aromatic heterocycles. The predicted molar refractivity (Wildman–Crippen MR) is 50.5 cm³/mol. The van der Waals surface area contributed by atoms with Crippen molar-refractivity contribution in [3.63, 3.8) is 0 Å². The molecule has 2 nitrogen and oxygen atoms in total. The van der Waals surface area contributed by atoms with Crippen LogP contribution in [0.5, 0.6) is 0 Å². The molecule has 1 aliphatic heterocycles. The lowest BCUT2D eigenvalue weighted by atomic mass is 9.95. The SMILES string of the molecule is O=C(CCC1CCCOC1)C1CC1. The zero-order chi connectivity index (χ0) is 9.10. The summed E-state index contributed by atoms with van der Waals surface area (Å²) in [5, 5.41) is 0. The van der Waals surface area contributed by atoms with E-state index in [1.165, 1.54) is 12.8 Å². The number of Topliss-reactive ketones (excluding diaryl/α,β-unsaturated/α-hetero) is 1. The first-order valence-corrected chi connectivity index (χ1v) is 5.46. The number of carbonyl (C=O) groups excluding carboxylic acids is 1. The van der Waals surface area contributed by atoms with Gasteiger partial charge in [0.2, 0.25) is 0 Å². The average molecular weight is 182 g/mol. The highest BCUT2D eigenvalue weighted by molar-refractivity contribution is 5.83. The summed E-state index contributed by atoms with van der Waals surface area (Å²) in [4.78, 5) is 11.4. The van der Waals surface area contributed by atoms with Crippen LogP contribution in [0.1, 0.15) is 38.5 Å². The molecule has 2 rings (SSSR count). The summed E-state index contributed by atoms with van der Waals surface area (Å²) in [6, 6.07) is 0. The summed E-state index contributed by atoms with van der Waals surface area (Å²) in [6.07, 6.45) is 6.62. The Morgan fingerprint density at radius 3 is 2.77 bits per heavy atom. The smallest absolute Gasteiger partial charge is 0.135 e. The molecule has 0 aromatic carbocycles. The third-order valence-electron chi connectivity index (χ3n) is 3.09. The maximum atomic E-state index is 11.4. The second-order valence-corrected chi connectivity index (χ2v) is 4.36. The van der Waals surface area contributed by atoms with Crippen LogP contribution in [-0.4, -0.2) is 19.0 Å². The van der Waals surface area contributed by atoms with Crippen LogP contribution in [0, 0.1) is 11.8 Å². The summed E-state index contributed by atoms with van der Waals surface area (Å²) in [6.45, 7) is 1.81. The summed E-state index contributed by atoms with van der Waals surface area (Å²) in [5.41, 5.74) is 0. The van der Waals surface area contributed by atoms with Crippen molar-refractivity contribution >= 4 is 5.78 Å². The Bertz CT molecular complexity index is 179. The Labute approximate surface area is 79.7 Å². The summed E-state index contributed by atoms with van der Waals surface area (Å²) >= 11 is 0.